The van der Waals surface area contributed by atoms with Crippen molar-refractivity contribution in [2.45, 2.75) is 38.5 Å². The van der Waals surface area contributed by atoms with Crippen LogP contribution in [0.15, 0.2) is 0 Å². The zero-order valence-corrected chi connectivity index (χ0v) is 8.37. The minimum atomic E-state index is 0.598. The van der Waals surface area contributed by atoms with Crippen molar-refractivity contribution in [1.29, 1.82) is 0 Å². The highest BCUT2D eigenvalue weighted by Crippen LogP contribution is 2.16. The van der Waals surface area contributed by atoms with E-state index in [-0.39, 0.29) is 0 Å². The first-order valence-electron chi connectivity index (χ1n) is 5.31. The number of rotatable bonds is 2. The Morgan fingerprint density at radius 2 is 1.79 bits per heavy atom. The van der Waals surface area contributed by atoms with Gasteiger partial charge in [0.2, 0.25) is 0 Å². The molecule has 0 bridgehead atoms. The third-order valence-electron chi connectivity index (χ3n) is 2.58. The maximum Gasteiger partial charge on any atom is 0.152 e. The van der Waals surface area contributed by atoms with E-state index in [1.54, 1.807) is 0 Å². The molecule has 1 aliphatic carbocycles. The van der Waals surface area contributed by atoms with Crippen LogP contribution in [0, 0.1) is 0 Å². The van der Waals surface area contributed by atoms with E-state index in [0.29, 0.717) is 6.54 Å². The van der Waals surface area contributed by atoms with E-state index in [1.165, 1.54) is 19.3 Å². The molecule has 2 N–H and O–H groups in total. The van der Waals surface area contributed by atoms with Crippen LogP contribution in [0.1, 0.15) is 36.5 Å². The number of aryl methyl sites for hydroxylation is 2. The summed E-state index contributed by atoms with van der Waals surface area (Å²) in [5.41, 5.74) is 7.71. The molecule has 0 spiro atoms. The van der Waals surface area contributed by atoms with Crippen molar-refractivity contribution < 1.29 is 0 Å². The summed E-state index contributed by atoms with van der Waals surface area (Å²) in [5, 5.41) is 8.31. The molecule has 1 aromatic rings. The van der Waals surface area contributed by atoms with Gasteiger partial charge in [-0.2, -0.15) is 5.10 Å². The van der Waals surface area contributed by atoms with Gasteiger partial charge in [0.05, 0.1) is 11.4 Å². The van der Waals surface area contributed by atoms with Gasteiger partial charge in [0.1, 0.15) is 0 Å². The van der Waals surface area contributed by atoms with Gasteiger partial charge in [-0.25, -0.2) is 4.98 Å². The van der Waals surface area contributed by atoms with E-state index in [0.717, 1.165) is 36.5 Å². The first-order chi connectivity index (χ1) is 6.90. The van der Waals surface area contributed by atoms with Crippen LogP contribution in [0.4, 0.5) is 0 Å². The molecule has 0 fully saturated rings. The molecule has 0 saturated heterocycles. The third kappa shape index (κ3) is 2.07. The number of aromatic nitrogens is 3. The lowest BCUT2D eigenvalue weighted by atomic mass is 10.2. The Balaban J connectivity index is 2.23. The Kier molecular flexibility index (Phi) is 3.03. The zero-order chi connectivity index (χ0) is 9.80. The molecule has 0 aliphatic heterocycles. The van der Waals surface area contributed by atoms with Gasteiger partial charge in [0.15, 0.2) is 5.82 Å². The lowest BCUT2D eigenvalue weighted by Gasteiger charge is -2.04. The van der Waals surface area contributed by atoms with Crippen molar-refractivity contribution >= 4 is 0 Å². The Morgan fingerprint density at radius 1 is 1.00 bits per heavy atom. The second-order valence-corrected chi connectivity index (χ2v) is 3.72. The van der Waals surface area contributed by atoms with Crippen LogP contribution in [0.3, 0.4) is 0 Å². The SMILES string of the molecule is NCCc1nnc2c(n1)CCCCC2. The maximum absolute atomic E-state index is 5.46. The zero-order valence-electron chi connectivity index (χ0n) is 8.37. The van der Waals surface area contributed by atoms with Gasteiger partial charge in [0.25, 0.3) is 0 Å². The van der Waals surface area contributed by atoms with Crippen molar-refractivity contribution in [3.63, 3.8) is 0 Å². The quantitative estimate of drug-likeness (QED) is 0.698. The molecule has 0 unspecified atom stereocenters. The molecule has 1 heterocycles. The van der Waals surface area contributed by atoms with Gasteiger partial charge < -0.3 is 5.73 Å². The summed E-state index contributed by atoms with van der Waals surface area (Å²) in [6.45, 7) is 0.598. The molecule has 4 nitrogen and oxygen atoms in total. The molecule has 76 valence electrons. The average Bonchev–Trinajstić information content (AvgIpc) is 2.42. The van der Waals surface area contributed by atoms with Crippen LogP contribution in [-0.4, -0.2) is 21.7 Å². The molecule has 1 aliphatic rings. The maximum atomic E-state index is 5.46. The summed E-state index contributed by atoms with van der Waals surface area (Å²) < 4.78 is 0. The van der Waals surface area contributed by atoms with E-state index in [9.17, 15) is 0 Å². The first-order valence-corrected chi connectivity index (χ1v) is 5.31. The monoisotopic (exact) mass is 192 g/mol. The molecule has 0 radical (unpaired) electrons. The number of nitrogens with zero attached hydrogens (tertiary/aromatic N) is 3. The van der Waals surface area contributed by atoms with Gasteiger partial charge in [0, 0.05) is 6.42 Å². The Bertz CT molecular complexity index is 311. The van der Waals surface area contributed by atoms with Gasteiger partial charge in [-0.3, -0.25) is 0 Å². The standard InChI is InChI=1S/C10H16N4/c11-7-6-10-12-8-4-2-1-3-5-9(8)13-14-10/h1-7,11H2. The highest BCUT2D eigenvalue weighted by Gasteiger charge is 2.11. The van der Waals surface area contributed by atoms with Crippen LogP contribution in [0.5, 0.6) is 0 Å². The van der Waals surface area contributed by atoms with Crippen LogP contribution >= 0.6 is 0 Å². The van der Waals surface area contributed by atoms with Crippen LogP contribution < -0.4 is 5.73 Å². The summed E-state index contributed by atoms with van der Waals surface area (Å²) >= 11 is 0. The van der Waals surface area contributed by atoms with E-state index < -0.39 is 0 Å². The fraction of sp³-hybridized carbons (Fsp3) is 0.700. The van der Waals surface area contributed by atoms with E-state index in [1.807, 2.05) is 0 Å². The molecule has 4 heteroatoms. The van der Waals surface area contributed by atoms with Crippen LogP contribution in [0.25, 0.3) is 0 Å². The first kappa shape index (κ1) is 9.52. The van der Waals surface area contributed by atoms with Crippen molar-refractivity contribution in [3.8, 4) is 0 Å². The third-order valence-corrected chi connectivity index (χ3v) is 2.58. The summed E-state index contributed by atoms with van der Waals surface area (Å²) in [4.78, 5) is 4.51. The van der Waals surface area contributed by atoms with Crippen molar-refractivity contribution in [2.75, 3.05) is 6.54 Å². The smallest absolute Gasteiger partial charge is 0.152 e. The molecule has 2 rings (SSSR count). The fourth-order valence-corrected chi connectivity index (χ4v) is 1.81. The molecular weight excluding hydrogens is 176 g/mol. The Morgan fingerprint density at radius 3 is 2.57 bits per heavy atom. The number of hydrogen-bond acceptors (Lipinski definition) is 4. The van der Waals surface area contributed by atoms with Gasteiger partial charge in [-0.15, -0.1) is 5.10 Å². The molecule has 0 amide bonds. The number of hydrogen-bond donors (Lipinski definition) is 1. The highest BCUT2D eigenvalue weighted by molar-refractivity contribution is 5.12. The highest BCUT2D eigenvalue weighted by atomic mass is 15.2. The second kappa shape index (κ2) is 4.46. The minimum Gasteiger partial charge on any atom is -0.330 e. The van der Waals surface area contributed by atoms with Crippen molar-refractivity contribution in [1.82, 2.24) is 15.2 Å². The van der Waals surface area contributed by atoms with Crippen LogP contribution in [-0.2, 0) is 19.3 Å². The molecule has 1 aromatic heterocycles. The number of fused-ring (bicyclic) bond motifs is 1. The van der Waals surface area contributed by atoms with Gasteiger partial charge in [-0.1, -0.05) is 6.42 Å². The summed E-state index contributed by atoms with van der Waals surface area (Å²) in [5.74, 6) is 0.799. The largest absolute Gasteiger partial charge is 0.330 e. The van der Waals surface area contributed by atoms with E-state index in [4.69, 9.17) is 5.73 Å². The Labute approximate surface area is 83.9 Å². The van der Waals surface area contributed by atoms with Gasteiger partial charge in [-0.05, 0) is 32.2 Å². The predicted octanol–water partition coefficient (Wildman–Crippen LogP) is 0.642. The minimum absolute atomic E-state index is 0.598. The number of nitrogens with two attached hydrogens (primary N) is 1. The molecule has 0 saturated carbocycles. The lowest BCUT2D eigenvalue weighted by Crippen LogP contribution is -2.11. The molecular formula is C10H16N4. The van der Waals surface area contributed by atoms with E-state index in [2.05, 4.69) is 15.2 Å². The topological polar surface area (TPSA) is 64.7 Å². The van der Waals surface area contributed by atoms with Gasteiger partial charge >= 0.3 is 0 Å². The lowest BCUT2D eigenvalue weighted by molar-refractivity contribution is 0.705. The van der Waals surface area contributed by atoms with Crippen LogP contribution in [0.2, 0.25) is 0 Å². The molecule has 14 heavy (non-hydrogen) atoms. The Hall–Kier alpha value is -1.03. The summed E-state index contributed by atoms with van der Waals surface area (Å²) in [7, 11) is 0. The predicted molar refractivity (Wildman–Crippen MR) is 53.8 cm³/mol. The summed E-state index contributed by atoms with van der Waals surface area (Å²) in [6.07, 6.45) is 6.57. The molecule has 0 aromatic carbocycles. The second-order valence-electron chi connectivity index (χ2n) is 3.72. The van der Waals surface area contributed by atoms with Crippen molar-refractivity contribution in [3.05, 3.63) is 17.2 Å². The molecule has 0 atom stereocenters. The normalized spacial score (nSPS) is 16.1. The fourth-order valence-electron chi connectivity index (χ4n) is 1.81. The van der Waals surface area contributed by atoms with E-state index >= 15 is 0 Å². The van der Waals surface area contributed by atoms with Crippen molar-refractivity contribution in [2.24, 2.45) is 5.73 Å². The summed E-state index contributed by atoms with van der Waals surface area (Å²) in [6, 6.07) is 0. The average molecular weight is 192 g/mol.